The van der Waals surface area contributed by atoms with Gasteiger partial charge in [0.05, 0.1) is 12.3 Å². The van der Waals surface area contributed by atoms with Gasteiger partial charge in [0.25, 0.3) is 0 Å². The third-order valence-electron chi connectivity index (χ3n) is 5.48. The average Bonchev–Trinajstić information content (AvgIpc) is 3.02. The van der Waals surface area contributed by atoms with Gasteiger partial charge in [-0.25, -0.2) is 12.7 Å². The molecule has 1 heterocycles. The van der Waals surface area contributed by atoms with Crippen LogP contribution in [0, 0.1) is 0 Å². The largest absolute Gasteiger partial charge is 0.357 e. The number of nitrogens with zero attached hydrogens (tertiary/aromatic N) is 2. The summed E-state index contributed by atoms with van der Waals surface area (Å²) in [5, 5.41) is 6.56. The van der Waals surface area contributed by atoms with Crippen LogP contribution in [0.1, 0.15) is 45.6 Å². The van der Waals surface area contributed by atoms with Crippen LogP contribution in [0.25, 0.3) is 0 Å². The predicted octanol–water partition coefficient (Wildman–Crippen LogP) is 2.95. The highest BCUT2D eigenvalue weighted by atomic mass is 127. The number of halogens is 1. The molecule has 1 aliphatic heterocycles. The van der Waals surface area contributed by atoms with E-state index in [2.05, 4.69) is 48.7 Å². The highest BCUT2D eigenvalue weighted by Crippen LogP contribution is 2.31. The molecular formula is C20H35IN4O2S. The third-order valence-corrected chi connectivity index (χ3v) is 7.44. The lowest BCUT2D eigenvalue weighted by molar-refractivity contribution is 0.406. The quantitative estimate of drug-likeness (QED) is 0.297. The van der Waals surface area contributed by atoms with E-state index in [1.807, 2.05) is 13.0 Å². The summed E-state index contributed by atoms with van der Waals surface area (Å²) in [5.41, 5.74) is 1.33. The summed E-state index contributed by atoms with van der Waals surface area (Å²) in [4.78, 5) is 4.83. The number of hydrogen-bond acceptors (Lipinski definition) is 3. The summed E-state index contributed by atoms with van der Waals surface area (Å²) < 4.78 is 25.4. The monoisotopic (exact) mass is 522 g/mol. The minimum absolute atomic E-state index is 0. The maximum atomic E-state index is 11.9. The molecule has 0 unspecified atom stereocenters. The van der Waals surface area contributed by atoms with Crippen LogP contribution >= 0.6 is 24.0 Å². The van der Waals surface area contributed by atoms with Crippen molar-refractivity contribution >= 4 is 40.0 Å². The lowest BCUT2D eigenvalue weighted by Crippen LogP contribution is -2.43. The molecule has 2 N–H and O–H groups in total. The number of hydrogen-bond donors (Lipinski definition) is 2. The molecular weight excluding hydrogens is 487 g/mol. The summed E-state index contributed by atoms with van der Waals surface area (Å²) in [7, 11) is -3.04. The van der Waals surface area contributed by atoms with Gasteiger partial charge in [-0.15, -0.1) is 24.0 Å². The zero-order chi connectivity index (χ0) is 19.8. The van der Waals surface area contributed by atoms with Crippen LogP contribution in [0.15, 0.2) is 35.3 Å². The van der Waals surface area contributed by atoms with Gasteiger partial charge >= 0.3 is 0 Å². The van der Waals surface area contributed by atoms with Crippen LogP contribution in [0.3, 0.4) is 0 Å². The van der Waals surface area contributed by atoms with Crippen LogP contribution in [-0.4, -0.2) is 57.2 Å². The van der Waals surface area contributed by atoms with Gasteiger partial charge < -0.3 is 10.6 Å². The first-order valence-corrected chi connectivity index (χ1v) is 11.6. The van der Waals surface area contributed by atoms with Gasteiger partial charge in [-0.3, -0.25) is 4.99 Å². The highest BCUT2D eigenvalue weighted by molar-refractivity contribution is 14.0. The standard InChI is InChI=1S/C20H34N4O2S.HI/c1-4-20(5-2,18-11-8-7-9-12-18)17-23-19(21-6-3)22-13-15-24-14-10-16-27(24,25)26;/h7-9,11-12H,4-6,10,13-17H2,1-3H3,(H2,21,22,23);1H. The van der Waals surface area contributed by atoms with Gasteiger partial charge in [0.1, 0.15) is 0 Å². The second-order valence-electron chi connectivity index (χ2n) is 7.04. The van der Waals surface area contributed by atoms with Crippen molar-refractivity contribution in [2.24, 2.45) is 4.99 Å². The molecule has 0 aliphatic carbocycles. The lowest BCUT2D eigenvalue weighted by Gasteiger charge is -2.31. The molecule has 1 aromatic carbocycles. The van der Waals surface area contributed by atoms with Crippen LogP contribution in [0.5, 0.6) is 0 Å². The molecule has 0 bridgehead atoms. The molecule has 2 rings (SSSR count). The topological polar surface area (TPSA) is 73.8 Å². The Kier molecular flexibility index (Phi) is 10.8. The molecule has 0 amide bonds. The zero-order valence-corrected chi connectivity index (χ0v) is 20.4. The van der Waals surface area contributed by atoms with Crippen molar-refractivity contribution in [3.05, 3.63) is 35.9 Å². The molecule has 1 aliphatic rings. The molecule has 6 nitrogen and oxygen atoms in total. The van der Waals surface area contributed by atoms with Crippen molar-refractivity contribution in [2.75, 3.05) is 38.5 Å². The number of rotatable bonds is 9. The SMILES string of the molecule is CCNC(=NCC(CC)(CC)c1ccccc1)NCCN1CCCS1(=O)=O.I. The normalized spacial score (nSPS) is 17.2. The second kappa shape index (κ2) is 12.0. The molecule has 1 saturated heterocycles. The summed E-state index contributed by atoms with van der Waals surface area (Å²) >= 11 is 0. The number of sulfonamides is 1. The summed E-state index contributed by atoms with van der Waals surface area (Å²) in [6.07, 6.45) is 2.76. The molecule has 0 radical (unpaired) electrons. The molecule has 8 heteroatoms. The average molecular weight is 522 g/mol. The van der Waals surface area contributed by atoms with E-state index >= 15 is 0 Å². The molecule has 1 aromatic rings. The van der Waals surface area contributed by atoms with Gasteiger partial charge in [-0.2, -0.15) is 0 Å². The Morgan fingerprint density at radius 2 is 1.82 bits per heavy atom. The molecule has 1 fully saturated rings. The maximum absolute atomic E-state index is 11.9. The Labute approximate surface area is 187 Å². The van der Waals surface area contributed by atoms with Gasteiger partial charge in [0.2, 0.25) is 10.0 Å². The van der Waals surface area contributed by atoms with Crippen molar-refractivity contribution in [1.29, 1.82) is 0 Å². The van der Waals surface area contributed by atoms with E-state index in [1.54, 1.807) is 4.31 Å². The van der Waals surface area contributed by atoms with Crippen LogP contribution < -0.4 is 10.6 Å². The smallest absolute Gasteiger partial charge is 0.214 e. The van der Waals surface area contributed by atoms with E-state index in [9.17, 15) is 8.42 Å². The predicted molar refractivity (Wildman–Crippen MR) is 128 cm³/mol. The van der Waals surface area contributed by atoms with E-state index in [1.165, 1.54) is 5.56 Å². The Bertz CT molecular complexity index is 706. The number of guanidine groups is 1. The Morgan fingerprint density at radius 3 is 2.36 bits per heavy atom. The zero-order valence-electron chi connectivity index (χ0n) is 17.3. The minimum atomic E-state index is -3.04. The van der Waals surface area contributed by atoms with Crippen LogP contribution in [0.4, 0.5) is 0 Å². The van der Waals surface area contributed by atoms with Crippen molar-refractivity contribution in [3.63, 3.8) is 0 Å². The summed E-state index contributed by atoms with van der Waals surface area (Å²) in [6.45, 7) is 9.59. The maximum Gasteiger partial charge on any atom is 0.214 e. The van der Waals surface area contributed by atoms with Gasteiger partial charge in [-0.05, 0) is 31.7 Å². The van der Waals surface area contributed by atoms with E-state index in [0.717, 1.165) is 31.8 Å². The highest BCUT2D eigenvalue weighted by Gasteiger charge is 2.29. The molecule has 0 atom stereocenters. The summed E-state index contributed by atoms with van der Waals surface area (Å²) in [6, 6.07) is 10.6. The van der Waals surface area contributed by atoms with Gasteiger partial charge in [0, 0.05) is 31.6 Å². The molecule has 28 heavy (non-hydrogen) atoms. The van der Waals surface area contributed by atoms with Crippen molar-refractivity contribution in [3.8, 4) is 0 Å². The fourth-order valence-corrected chi connectivity index (χ4v) is 5.11. The Hall–Kier alpha value is -0.870. The Morgan fingerprint density at radius 1 is 1.14 bits per heavy atom. The van der Waals surface area contributed by atoms with Crippen molar-refractivity contribution in [1.82, 2.24) is 14.9 Å². The first kappa shape index (κ1) is 25.2. The fourth-order valence-electron chi connectivity index (χ4n) is 3.58. The van der Waals surface area contributed by atoms with Crippen molar-refractivity contribution < 1.29 is 8.42 Å². The number of aliphatic imine (C=N–C) groups is 1. The van der Waals surface area contributed by atoms with Gasteiger partial charge in [0.15, 0.2) is 5.96 Å². The fraction of sp³-hybridized carbons (Fsp3) is 0.650. The van der Waals surface area contributed by atoms with Crippen molar-refractivity contribution in [2.45, 2.75) is 45.4 Å². The molecule has 160 valence electrons. The summed E-state index contributed by atoms with van der Waals surface area (Å²) in [5.74, 6) is 1.02. The molecule has 0 spiro atoms. The van der Waals surface area contributed by atoms with E-state index < -0.39 is 10.0 Å². The van der Waals surface area contributed by atoms with Gasteiger partial charge in [-0.1, -0.05) is 44.2 Å². The molecule has 0 saturated carbocycles. The molecule has 0 aromatic heterocycles. The van der Waals surface area contributed by atoms with E-state index in [0.29, 0.717) is 26.2 Å². The van der Waals surface area contributed by atoms with E-state index in [-0.39, 0.29) is 35.1 Å². The van der Waals surface area contributed by atoms with Crippen LogP contribution in [-0.2, 0) is 15.4 Å². The Balaban J connectivity index is 0.00000392. The third kappa shape index (κ3) is 6.59. The first-order chi connectivity index (χ1) is 13.0. The first-order valence-electron chi connectivity index (χ1n) is 10.0. The number of nitrogens with one attached hydrogen (secondary N) is 2. The van der Waals surface area contributed by atoms with Crippen LogP contribution in [0.2, 0.25) is 0 Å². The number of benzene rings is 1. The lowest BCUT2D eigenvalue weighted by atomic mass is 9.76. The minimum Gasteiger partial charge on any atom is -0.357 e. The second-order valence-corrected chi connectivity index (χ2v) is 9.13. The van der Waals surface area contributed by atoms with E-state index in [4.69, 9.17) is 4.99 Å².